The van der Waals surface area contributed by atoms with Gasteiger partial charge in [-0.05, 0) is 53.8 Å². The molecule has 0 heterocycles. The Kier molecular flexibility index (Phi) is 3.60. The van der Waals surface area contributed by atoms with Gasteiger partial charge in [-0.15, -0.1) is 0 Å². The van der Waals surface area contributed by atoms with Gasteiger partial charge in [0.05, 0.1) is 12.7 Å². The SMILES string of the molecule is COc1ccc2c(c1)CC(O)(Cc1ccc(O)cc1)CC2. The molecule has 2 aromatic carbocycles. The normalized spacial score (nSPS) is 20.9. The summed E-state index contributed by atoms with van der Waals surface area (Å²) in [5, 5.41) is 20.2. The van der Waals surface area contributed by atoms with Crippen LogP contribution in [0.4, 0.5) is 0 Å². The number of aromatic hydroxyl groups is 1. The molecule has 0 saturated carbocycles. The molecule has 0 amide bonds. The van der Waals surface area contributed by atoms with Gasteiger partial charge in [-0.1, -0.05) is 18.2 Å². The van der Waals surface area contributed by atoms with Gasteiger partial charge in [-0.25, -0.2) is 0 Å². The summed E-state index contributed by atoms with van der Waals surface area (Å²) in [6.45, 7) is 0. The van der Waals surface area contributed by atoms with Crippen LogP contribution in [0.3, 0.4) is 0 Å². The van der Waals surface area contributed by atoms with Crippen molar-refractivity contribution >= 4 is 0 Å². The first-order valence-electron chi connectivity index (χ1n) is 7.24. The van der Waals surface area contributed by atoms with E-state index in [-0.39, 0.29) is 5.75 Å². The first kappa shape index (κ1) is 14.0. The van der Waals surface area contributed by atoms with Crippen molar-refractivity contribution in [1.29, 1.82) is 0 Å². The minimum Gasteiger partial charge on any atom is -0.508 e. The highest BCUT2D eigenvalue weighted by Gasteiger charge is 2.32. The van der Waals surface area contributed by atoms with E-state index in [4.69, 9.17) is 4.74 Å². The molecule has 0 aromatic heterocycles. The number of benzene rings is 2. The second-order valence-electron chi connectivity index (χ2n) is 5.88. The summed E-state index contributed by atoms with van der Waals surface area (Å²) < 4.78 is 5.27. The van der Waals surface area contributed by atoms with Gasteiger partial charge in [-0.3, -0.25) is 0 Å². The number of ether oxygens (including phenoxy) is 1. The van der Waals surface area contributed by atoms with Crippen LogP contribution in [0.15, 0.2) is 42.5 Å². The number of hydrogen-bond donors (Lipinski definition) is 2. The van der Waals surface area contributed by atoms with Crippen molar-refractivity contribution < 1.29 is 14.9 Å². The summed E-state index contributed by atoms with van der Waals surface area (Å²) >= 11 is 0. The second-order valence-corrected chi connectivity index (χ2v) is 5.88. The fraction of sp³-hybridized carbons (Fsp3) is 0.333. The Balaban J connectivity index is 1.81. The van der Waals surface area contributed by atoms with Gasteiger partial charge in [0.15, 0.2) is 0 Å². The Morgan fingerprint density at radius 3 is 2.57 bits per heavy atom. The van der Waals surface area contributed by atoms with Crippen LogP contribution in [0.5, 0.6) is 11.5 Å². The predicted octanol–water partition coefficient (Wildman–Crippen LogP) is 2.86. The zero-order valence-corrected chi connectivity index (χ0v) is 12.2. The lowest BCUT2D eigenvalue weighted by Crippen LogP contribution is -2.38. The van der Waals surface area contributed by atoms with Gasteiger partial charge in [-0.2, -0.15) is 0 Å². The molecule has 2 aromatic rings. The Labute approximate surface area is 124 Å². The molecule has 0 radical (unpaired) electrons. The van der Waals surface area contributed by atoms with Crippen LogP contribution in [-0.2, 0) is 19.3 Å². The minimum atomic E-state index is -0.726. The first-order chi connectivity index (χ1) is 10.1. The van der Waals surface area contributed by atoms with Gasteiger partial charge < -0.3 is 14.9 Å². The van der Waals surface area contributed by atoms with Crippen molar-refractivity contribution in [2.75, 3.05) is 7.11 Å². The van der Waals surface area contributed by atoms with Gasteiger partial charge in [0.1, 0.15) is 11.5 Å². The fourth-order valence-corrected chi connectivity index (χ4v) is 3.09. The number of aryl methyl sites for hydroxylation is 1. The molecule has 1 atom stereocenters. The maximum absolute atomic E-state index is 10.9. The molecule has 1 unspecified atom stereocenters. The summed E-state index contributed by atoms with van der Waals surface area (Å²) in [7, 11) is 1.66. The van der Waals surface area contributed by atoms with Crippen molar-refractivity contribution in [2.45, 2.75) is 31.3 Å². The molecule has 0 bridgehead atoms. The highest BCUT2D eigenvalue weighted by molar-refractivity contribution is 5.39. The van der Waals surface area contributed by atoms with Crippen LogP contribution >= 0.6 is 0 Å². The number of phenolic OH excluding ortho intramolecular Hbond substituents is 1. The number of hydrogen-bond acceptors (Lipinski definition) is 3. The van der Waals surface area contributed by atoms with Crippen molar-refractivity contribution in [3.63, 3.8) is 0 Å². The Morgan fingerprint density at radius 1 is 1.10 bits per heavy atom. The molecule has 0 aliphatic heterocycles. The third kappa shape index (κ3) is 3.03. The highest BCUT2D eigenvalue weighted by atomic mass is 16.5. The summed E-state index contributed by atoms with van der Waals surface area (Å²) in [6.07, 6.45) is 2.88. The quantitative estimate of drug-likeness (QED) is 0.911. The molecule has 0 fully saturated rings. The zero-order chi connectivity index (χ0) is 14.9. The van der Waals surface area contributed by atoms with E-state index < -0.39 is 5.60 Å². The molecule has 1 aliphatic carbocycles. The van der Waals surface area contributed by atoms with Crippen LogP contribution in [-0.4, -0.2) is 22.9 Å². The van der Waals surface area contributed by atoms with Crippen LogP contribution in [0.25, 0.3) is 0 Å². The smallest absolute Gasteiger partial charge is 0.119 e. The van der Waals surface area contributed by atoms with Gasteiger partial charge >= 0.3 is 0 Å². The highest BCUT2D eigenvalue weighted by Crippen LogP contribution is 2.33. The summed E-state index contributed by atoms with van der Waals surface area (Å²) in [6, 6.07) is 13.2. The Hall–Kier alpha value is -2.00. The maximum Gasteiger partial charge on any atom is 0.119 e. The molecular formula is C18H20O3. The van der Waals surface area contributed by atoms with Crippen molar-refractivity contribution in [1.82, 2.24) is 0 Å². The van der Waals surface area contributed by atoms with Gasteiger partial charge in [0, 0.05) is 12.8 Å². The molecule has 3 rings (SSSR count). The lowest BCUT2D eigenvalue weighted by Gasteiger charge is -2.34. The van der Waals surface area contributed by atoms with Crippen LogP contribution in [0, 0.1) is 0 Å². The van der Waals surface area contributed by atoms with Crippen LogP contribution < -0.4 is 4.74 Å². The van der Waals surface area contributed by atoms with Crippen LogP contribution in [0.2, 0.25) is 0 Å². The average molecular weight is 284 g/mol. The van der Waals surface area contributed by atoms with E-state index >= 15 is 0 Å². The zero-order valence-electron chi connectivity index (χ0n) is 12.2. The molecule has 0 saturated heterocycles. The lowest BCUT2D eigenvalue weighted by atomic mass is 9.77. The average Bonchev–Trinajstić information content (AvgIpc) is 2.48. The van der Waals surface area contributed by atoms with Gasteiger partial charge in [0.2, 0.25) is 0 Å². The van der Waals surface area contributed by atoms with E-state index in [1.807, 2.05) is 24.3 Å². The minimum absolute atomic E-state index is 0.254. The molecule has 0 spiro atoms. The van der Waals surface area contributed by atoms with E-state index in [1.165, 1.54) is 11.1 Å². The van der Waals surface area contributed by atoms with Crippen molar-refractivity contribution in [3.05, 3.63) is 59.2 Å². The molecular weight excluding hydrogens is 264 g/mol. The number of phenols is 1. The lowest BCUT2D eigenvalue weighted by molar-refractivity contribution is 0.0266. The Morgan fingerprint density at radius 2 is 1.86 bits per heavy atom. The van der Waals surface area contributed by atoms with E-state index in [1.54, 1.807) is 19.2 Å². The topological polar surface area (TPSA) is 49.7 Å². The summed E-state index contributed by atoms with van der Waals surface area (Å²) in [5.74, 6) is 1.09. The van der Waals surface area contributed by atoms with Crippen molar-refractivity contribution in [2.24, 2.45) is 0 Å². The standard InChI is InChI=1S/C18H20O3/c1-21-17-7-4-14-8-9-18(20,12-15(14)10-17)11-13-2-5-16(19)6-3-13/h2-7,10,19-20H,8-9,11-12H2,1H3. The number of methoxy groups -OCH3 is 1. The molecule has 2 N–H and O–H groups in total. The monoisotopic (exact) mass is 284 g/mol. The van der Waals surface area contributed by atoms with E-state index in [9.17, 15) is 10.2 Å². The van der Waals surface area contributed by atoms with Crippen molar-refractivity contribution in [3.8, 4) is 11.5 Å². The van der Waals surface area contributed by atoms with E-state index in [2.05, 4.69) is 6.07 Å². The number of rotatable bonds is 3. The molecule has 21 heavy (non-hydrogen) atoms. The van der Waals surface area contributed by atoms with Gasteiger partial charge in [0.25, 0.3) is 0 Å². The third-order valence-electron chi connectivity index (χ3n) is 4.26. The number of fused-ring (bicyclic) bond motifs is 1. The second kappa shape index (κ2) is 5.41. The Bertz CT molecular complexity index is 633. The molecule has 1 aliphatic rings. The van der Waals surface area contributed by atoms with Crippen LogP contribution in [0.1, 0.15) is 23.1 Å². The summed E-state index contributed by atoms with van der Waals surface area (Å²) in [5.41, 5.74) is 2.78. The first-order valence-corrected chi connectivity index (χ1v) is 7.24. The predicted molar refractivity (Wildman–Crippen MR) is 81.8 cm³/mol. The molecule has 3 nitrogen and oxygen atoms in total. The van der Waals surface area contributed by atoms with E-state index in [0.29, 0.717) is 12.8 Å². The largest absolute Gasteiger partial charge is 0.508 e. The number of aliphatic hydroxyl groups is 1. The molecule has 3 heteroatoms. The maximum atomic E-state index is 10.9. The summed E-state index contributed by atoms with van der Waals surface area (Å²) in [4.78, 5) is 0. The molecule has 110 valence electrons. The van der Waals surface area contributed by atoms with E-state index in [0.717, 1.165) is 24.2 Å². The third-order valence-corrected chi connectivity index (χ3v) is 4.26. The fourth-order valence-electron chi connectivity index (χ4n) is 3.09.